The zero-order valence-corrected chi connectivity index (χ0v) is 12.5. The first kappa shape index (κ1) is 14.5. The molecule has 3 N–H and O–H groups in total. The molecule has 2 rings (SSSR count). The predicted molar refractivity (Wildman–Crippen MR) is 80.4 cm³/mol. The largest absolute Gasteiger partial charge is 0.348 e. The Labute approximate surface area is 119 Å². The van der Waals surface area contributed by atoms with Gasteiger partial charge in [0.1, 0.15) is 5.82 Å². The minimum atomic E-state index is -0.151. The number of fused-ring (bicyclic) bond motifs is 1. The minimum absolute atomic E-state index is 0.00761. The average molecular weight is 274 g/mol. The highest BCUT2D eigenvalue weighted by molar-refractivity contribution is 5.79. The average Bonchev–Trinajstić information content (AvgIpc) is 2.75. The molecule has 108 valence electrons. The number of rotatable bonds is 4. The van der Waals surface area contributed by atoms with Gasteiger partial charge >= 0.3 is 0 Å². The second kappa shape index (κ2) is 5.63. The van der Waals surface area contributed by atoms with E-state index in [1.54, 1.807) is 0 Å². The lowest BCUT2D eigenvalue weighted by Gasteiger charge is -2.13. The fraction of sp³-hybridized carbons (Fsp3) is 0.467. The van der Waals surface area contributed by atoms with Crippen LogP contribution in [0.25, 0.3) is 11.0 Å². The van der Waals surface area contributed by atoms with Crippen molar-refractivity contribution in [2.24, 2.45) is 12.8 Å². The van der Waals surface area contributed by atoms with Gasteiger partial charge in [-0.3, -0.25) is 4.79 Å². The van der Waals surface area contributed by atoms with Crippen LogP contribution in [0.5, 0.6) is 0 Å². The van der Waals surface area contributed by atoms with Crippen LogP contribution >= 0.6 is 0 Å². The van der Waals surface area contributed by atoms with Crippen LogP contribution in [0.1, 0.15) is 44.1 Å². The molecule has 20 heavy (non-hydrogen) atoms. The summed E-state index contributed by atoms with van der Waals surface area (Å²) in [5, 5.41) is 2.86. The number of hydrogen-bond donors (Lipinski definition) is 2. The van der Waals surface area contributed by atoms with Crippen molar-refractivity contribution in [3.8, 4) is 0 Å². The number of carbonyl (C=O) groups is 1. The van der Waals surface area contributed by atoms with Crippen LogP contribution in [-0.4, -0.2) is 22.0 Å². The summed E-state index contributed by atoms with van der Waals surface area (Å²) in [5.41, 5.74) is 8.42. The lowest BCUT2D eigenvalue weighted by atomic mass is 10.1. The Morgan fingerprint density at radius 2 is 2.10 bits per heavy atom. The molecule has 0 saturated heterocycles. The zero-order chi connectivity index (χ0) is 14.9. The summed E-state index contributed by atoms with van der Waals surface area (Å²) in [5.74, 6) is 1.29. The number of carbonyl (C=O) groups excluding carboxylic acids is 1. The molecular formula is C15H22N4O. The third-order valence-corrected chi connectivity index (χ3v) is 3.52. The highest BCUT2D eigenvalue weighted by Gasteiger charge is 2.13. The second-order valence-electron chi connectivity index (χ2n) is 5.43. The summed E-state index contributed by atoms with van der Waals surface area (Å²) in [6, 6.07) is 6.03. The van der Waals surface area contributed by atoms with E-state index >= 15 is 0 Å². The maximum absolute atomic E-state index is 11.4. The molecule has 5 heteroatoms. The number of nitrogens with one attached hydrogen (secondary N) is 1. The molecule has 0 saturated carbocycles. The van der Waals surface area contributed by atoms with Gasteiger partial charge in [0.15, 0.2) is 0 Å². The topological polar surface area (TPSA) is 72.9 Å². The molecule has 0 radical (unpaired) electrons. The fourth-order valence-electron chi connectivity index (χ4n) is 2.40. The molecule has 1 aromatic carbocycles. The Morgan fingerprint density at radius 3 is 2.70 bits per heavy atom. The van der Waals surface area contributed by atoms with Gasteiger partial charge in [0.05, 0.1) is 23.6 Å². The van der Waals surface area contributed by atoms with Crippen LogP contribution in [0.2, 0.25) is 0 Å². The number of nitrogens with two attached hydrogens (primary N) is 1. The van der Waals surface area contributed by atoms with Crippen LogP contribution in [0.15, 0.2) is 18.2 Å². The van der Waals surface area contributed by atoms with Crippen LogP contribution in [-0.2, 0) is 11.8 Å². The van der Waals surface area contributed by atoms with Gasteiger partial charge in [0, 0.05) is 13.0 Å². The van der Waals surface area contributed by atoms with Crippen molar-refractivity contribution >= 4 is 16.9 Å². The SMILES string of the molecule is CC(C)c1nc2cc(C(C)NC(=O)CN)ccc2n1C. The van der Waals surface area contributed by atoms with Crippen molar-refractivity contribution in [2.75, 3.05) is 6.54 Å². The molecule has 0 fully saturated rings. The monoisotopic (exact) mass is 274 g/mol. The number of nitrogens with zero attached hydrogens (tertiary/aromatic N) is 2. The first-order chi connectivity index (χ1) is 9.43. The summed E-state index contributed by atoms with van der Waals surface area (Å²) in [7, 11) is 2.03. The summed E-state index contributed by atoms with van der Waals surface area (Å²) in [4.78, 5) is 16.0. The van der Waals surface area contributed by atoms with Crippen molar-refractivity contribution in [2.45, 2.75) is 32.7 Å². The van der Waals surface area contributed by atoms with Crippen molar-refractivity contribution in [1.82, 2.24) is 14.9 Å². The Balaban J connectivity index is 2.36. The number of amides is 1. The van der Waals surface area contributed by atoms with E-state index in [1.807, 2.05) is 26.1 Å². The van der Waals surface area contributed by atoms with Crippen molar-refractivity contribution in [1.29, 1.82) is 0 Å². The van der Waals surface area contributed by atoms with Crippen LogP contribution in [0.3, 0.4) is 0 Å². The van der Waals surface area contributed by atoms with Gasteiger partial charge < -0.3 is 15.6 Å². The molecule has 0 aliphatic rings. The second-order valence-corrected chi connectivity index (χ2v) is 5.43. The maximum Gasteiger partial charge on any atom is 0.234 e. The molecule has 0 aliphatic carbocycles. The zero-order valence-electron chi connectivity index (χ0n) is 12.5. The van der Waals surface area contributed by atoms with E-state index in [9.17, 15) is 4.79 Å². The van der Waals surface area contributed by atoms with Crippen molar-refractivity contribution in [3.05, 3.63) is 29.6 Å². The number of hydrogen-bond acceptors (Lipinski definition) is 3. The van der Waals surface area contributed by atoms with E-state index < -0.39 is 0 Å². The Hall–Kier alpha value is -1.88. The molecule has 1 atom stereocenters. The third kappa shape index (κ3) is 2.67. The Morgan fingerprint density at radius 1 is 1.40 bits per heavy atom. The van der Waals surface area contributed by atoms with Gasteiger partial charge in [0.25, 0.3) is 0 Å². The Kier molecular flexibility index (Phi) is 4.09. The van der Waals surface area contributed by atoms with E-state index in [4.69, 9.17) is 5.73 Å². The quantitative estimate of drug-likeness (QED) is 0.893. The summed E-state index contributed by atoms with van der Waals surface area (Å²) in [6.45, 7) is 6.22. The minimum Gasteiger partial charge on any atom is -0.348 e. The number of aromatic nitrogens is 2. The maximum atomic E-state index is 11.4. The smallest absolute Gasteiger partial charge is 0.234 e. The molecule has 1 heterocycles. The van der Waals surface area contributed by atoms with E-state index in [1.165, 1.54) is 0 Å². The molecular weight excluding hydrogens is 252 g/mol. The molecule has 1 unspecified atom stereocenters. The van der Waals surface area contributed by atoms with E-state index in [-0.39, 0.29) is 18.5 Å². The summed E-state index contributed by atoms with van der Waals surface area (Å²) < 4.78 is 2.12. The van der Waals surface area contributed by atoms with Gasteiger partial charge in [-0.2, -0.15) is 0 Å². The van der Waals surface area contributed by atoms with Gasteiger partial charge in [-0.05, 0) is 24.6 Å². The van der Waals surface area contributed by atoms with Gasteiger partial charge in [-0.15, -0.1) is 0 Å². The normalized spacial score (nSPS) is 12.9. The molecule has 0 bridgehead atoms. The van der Waals surface area contributed by atoms with Crippen LogP contribution in [0.4, 0.5) is 0 Å². The lowest BCUT2D eigenvalue weighted by molar-refractivity contribution is -0.120. The van der Waals surface area contributed by atoms with Crippen LogP contribution in [0, 0.1) is 0 Å². The molecule has 5 nitrogen and oxygen atoms in total. The molecule has 0 spiro atoms. The summed E-state index contributed by atoms with van der Waals surface area (Å²) in [6.07, 6.45) is 0. The molecule has 1 aromatic heterocycles. The number of benzene rings is 1. The standard InChI is InChI=1S/C15H22N4O/c1-9(2)15-18-12-7-11(5-6-13(12)19(15)4)10(3)17-14(20)8-16/h5-7,9-10H,8,16H2,1-4H3,(H,17,20). The number of aryl methyl sites for hydroxylation is 1. The van der Waals surface area contributed by atoms with Gasteiger partial charge in [-0.25, -0.2) is 4.98 Å². The van der Waals surface area contributed by atoms with E-state index in [2.05, 4.69) is 34.8 Å². The van der Waals surface area contributed by atoms with Gasteiger partial charge in [-0.1, -0.05) is 19.9 Å². The van der Waals surface area contributed by atoms with Crippen molar-refractivity contribution in [3.63, 3.8) is 0 Å². The first-order valence-electron chi connectivity index (χ1n) is 6.89. The summed E-state index contributed by atoms with van der Waals surface area (Å²) >= 11 is 0. The fourth-order valence-corrected chi connectivity index (χ4v) is 2.40. The van der Waals surface area contributed by atoms with E-state index in [0.29, 0.717) is 5.92 Å². The Bertz CT molecular complexity index is 630. The molecule has 0 aliphatic heterocycles. The number of imidazole rings is 1. The molecule has 2 aromatic rings. The van der Waals surface area contributed by atoms with E-state index in [0.717, 1.165) is 22.4 Å². The van der Waals surface area contributed by atoms with Crippen LogP contribution < -0.4 is 11.1 Å². The highest BCUT2D eigenvalue weighted by Crippen LogP contribution is 2.23. The van der Waals surface area contributed by atoms with Crippen molar-refractivity contribution < 1.29 is 4.79 Å². The predicted octanol–water partition coefficient (Wildman–Crippen LogP) is 1.83. The third-order valence-electron chi connectivity index (χ3n) is 3.52. The lowest BCUT2D eigenvalue weighted by Crippen LogP contribution is -2.32. The van der Waals surface area contributed by atoms with Gasteiger partial charge in [0.2, 0.25) is 5.91 Å². The molecule has 1 amide bonds. The first-order valence-corrected chi connectivity index (χ1v) is 6.89. The highest BCUT2D eigenvalue weighted by atomic mass is 16.1.